The number of hydrogen-bond acceptors (Lipinski definition) is 4. The Balaban J connectivity index is 1.58. The van der Waals surface area contributed by atoms with Crippen LogP contribution in [0.3, 0.4) is 0 Å². The molecule has 4 nitrogen and oxygen atoms in total. The summed E-state index contributed by atoms with van der Waals surface area (Å²) in [5.41, 5.74) is 1.80. The number of carbonyl (C=O) groups excluding carboxylic acids is 1. The van der Waals surface area contributed by atoms with Crippen molar-refractivity contribution < 1.29 is 22.7 Å². The van der Waals surface area contributed by atoms with Crippen LogP contribution < -0.4 is 4.74 Å². The van der Waals surface area contributed by atoms with Gasteiger partial charge in [0.1, 0.15) is 23.1 Å². The molecule has 0 saturated heterocycles. The highest BCUT2D eigenvalue weighted by Crippen LogP contribution is 2.34. The number of alkyl halides is 3. The van der Waals surface area contributed by atoms with E-state index < -0.39 is 11.7 Å². The SMILES string of the molecule is CCCc1nc(-c2ccc(C(F)(F)F)cc2)sc1COc1cccc2c1ccn2CC(C)=O. The third-order valence-corrected chi connectivity index (χ3v) is 6.37. The molecular formula is C25H23F3N2O2S. The number of aryl methyl sites for hydroxylation is 1. The molecule has 0 radical (unpaired) electrons. The van der Waals surface area contributed by atoms with Crippen molar-refractivity contribution in [2.45, 2.75) is 46.0 Å². The van der Waals surface area contributed by atoms with Gasteiger partial charge in [-0.1, -0.05) is 31.5 Å². The Hall–Kier alpha value is -3.13. The van der Waals surface area contributed by atoms with Crippen molar-refractivity contribution in [1.82, 2.24) is 9.55 Å². The summed E-state index contributed by atoms with van der Waals surface area (Å²) in [6, 6.07) is 12.7. The Bertz CT molecular complexity index is 1270. The molecule has 8 heteroatoms. The fourth-order valence-electron chi connectivity index (χ4n) is 3.70. The fraction of sp³-hybridized carbons (Fsp3) is 0.280. The van der Waals surface area contributed by atoms with Crippen LogP contribution in [0.1, 0.15) is 36.4 Å². The molecule has 2 aromatic heterocycles. The first-order valence-corrected chi connectivity index (χ1v) is 11.4. The molecule has 0 N–H and O–H groups in total. The van der Waals surface area contributed by atoms with E-state index in [1.807, 2.05) is 35.0 Å². The number of aromatic nitrogens is 2. The largest absolute Gasteiger partial charge is 0.487 e. The highest BCUT2D eigenvalue weighted by molar-refractivity contribution is 7.15. The Labute approximate surface area is 193 Å². The molecule has 0 saturated carbocycles. The van der Waals surface area contributed by atoms with Crippen LogP contribution in [0.5, 0.6) is 5.75 Å². The summed E-state index contributed by atoms with van der Waals surface area (Å²) >= 11 is 1.44. The zero-order valence-corrected chi connectivity index (χ0v) is 19.1. The average molecular weight is 473 g/mol. The van der Waals surface area contributed by atoms with Crippen molar-refractivity contribution >= 4 is 28.0 Å². The predicted molar refractivity (Wildman–Crippen MR) is 123 cm³/mol. The first-order chi connectivity index (χ1) is 15.8. The van der Waals surface area contributed by atoms with Gasteiger partial charge in [0.05, 0.1) is 28.2 Å². The van der Waals surface area contributed by atoms with Gasteiger partial charge >= 0.3 is 6.18 Å². The number of ketones is 1. The van der Waals surface area contributed by atoms with Crippen LogP contribution in [-0.2, 0) is 30.5 Å². The topological polar surface area (TPSA) is 44.1 Å². The number of carbonyl (C=O) groups is 1. The van der Waals surface area contributed by atoms with E-state index in [1.165, 1.54) is 23.5 Å². The Morgan fingerprint density at radius 3 is 2.55 bits per heavy atom. The van der Waals surface area contributed by atoms with Crippen LogP contribution in [-0.4, -0.2) is 15.3 Å². The van der Waals surface area contributed by atoms with Crippen molar-refractivity contribution in [3.8, 4) is 16.3 Å². The van der Waals surface area contributed by atoms with Crippen molar-refractivity contribution in [3.05, 3.63) is 70.9 Å². The van der Waals surface area contributed by atoms with E-state index in [1.54, 1.807) is 6.92 Å². The van der Waals surface area contributed by atoms with Gasteiger partial charge in [0.2, 0.25) is 0 Å². The number of fused-ring (bicyclic) bond motifs is 1. The number of thiazole rings is 1. The monoisotopic (exact) mass is 472 g/mol. The summed E-state index contributed by atoms with van der Waals surface area (Å²) in [6.07, 6.45) is -0.837. The molecule has 0 aliphatic rings. The van der Waals surface area contributed by atoms with Gasteiger partial charge < -0.3 is 9.30 Å². The first-order valence-electron chi connectivity index (χ1n) is 10.6. The molecule has 4 aromatic rings. The normalized spacial score (nSPS) is 11.8. The van der Waals surface area contributed by atoms with Crippen molar-refractivity contribution in [2.75, 3.05) is 0 Å². The van der Waals surface area contributed by atoms with E-state index in [0.29, 0.717) is 29.5 Å². The van der Waals surface area contributed by atoms with Crippen LogP contribution in [0.4, 0.5) is 13.2 Å². The maximum atomic E-state index is 12.9. The van der Waals surface area contributed by atoms with E-state index in [0.717, 1.165) is 46.4 Å². The molecule has 0 fully saturated rings. The lowest BCUT2D eigenvalue weighted by Gasteiger charge is -2.08. The molecule has 0 unspecified atom stereocenters. The first kappa shape index (κ1) is 23.0. The van der Waals surface area contributed by atoms with Gasteiger partial charge in [0, 0.05) is 17.1 Å². The second-order valence-electron chi connectivity index (χ2n) is 7.84. The molecule has 33 heavy (non-hydrogen) atoms. The fourth-order valence-corrected chi connectivity index (χ4v) is 4.72. The summed E-state index contributed by atoms with van der Waals surface area (Å²) in [6.45, 7) is 4.23. The average Bonchev–Trinajstić information content (AvgIpc) is 3.36. The molecule has 0 bridgehead atoms. The zero-order chi connectivity index (χ0) is 23.6. The zero-order valence-electron chi connectivity index (χ0n) is 18.3. The lowest BCUT2D eigenvalue weighted by Crippen LogP contribution is -2.04. The third kappa shape index (κ3) is 5.11. The van der Waals surface area contributed by atoms with Gasteiger partial charge in [0.15, 0.2) is 0 Å². The number of ether oxygens (including phenoxy) is 1. The van der Waals surface area contributed by atoms with Gasteiger partial charge in [-0.25, -0.2) is 4.98 Å². The third-order valence-electron chi connectivity index (χ3n) is 5.25. The quantitative estimate of drug-likeness (QED) is 0.280. The predicted octanol–water partition coefficient (Wildman–Crippen LogP) is 6.90. The second kappa shape index (κ2) is 9.39. The molecule has 2 heterocycles. The molecule has 0 aliphatic carbocycles. The molecular weight excluding hydrogens is 449 g/mol. The summed E-state index contributed by atoms with van der Waals surface area (Å²) in [5, 5.41) is 1.60. The lowest BCUT2D eigenvalue weighted by molar-refractivity contribution is -0.137. The molecule has 2 aromatic carbocycles. The Morgan fingerprint density at radius 1 is 1.12 bits per heavy atom. The van der Waals surface area contributed by atoms with E-state index in [-0.39, 0.29) is 5.78 Å². The Morgan fingerprint density at radius 2 is 1.88 bits per heavy atom. The lowest BCUT2D eigenvalue weighted by atomic mass is 10.1. The molecule has 0 spiro atoms. The van der Waals surface area contributed by atoms with Crippen molar-refractivity contribution in [2.24, 2.45) is 0 Å². The van der Waals surface area contributed by atoms with Gasteiger partial charge in [0.25, 0.3) is 0 Å². The van der Waals surface area contributed by atoms with Crippen LogP contribution >= 0.6 is 11.3 Å². The second-order valence-corrected chi connectivity index (χ2v) is 8.92. The number of hydrogen-bond donors (Lipinski definition) is 0. The minimum atomic E-state index is -4.36. The summed E-state index contributed by atoms with van der Waals surface area (Å²) in [5.74, 6) is 0.783. The number of Topliss-reactive ketones (excluding diaryl/α,β-unsaturated/α-hetero) is 1. The maximum absolute atomic E-state index is 12.9. The number of halogens is 3. The van der Waals surface area contributed by atoms with E-state index >= 15 is 0 Å². The highest BCUT2D eigenvalue weighted by atomic mass is 32.1. The van der Waals surface area contributed by atoms with Gasteiger partial charge in [-0.2, -0.15) is 13.2 Å². The summed E-state index contributed by atoms with van der Waals surface area (Å²) in [4.78, 5) is 17.2. The minimum absolute atomic E-state index is 0.0727. The summed E-state index contributed by atoms with van der Waals surface area (Å²) < 4.78 is 46.7. The van der Waals surface area contributed by atoms with Gasteiger partial charge in [-0.3, -0.25) is 4.79 Å². The molecule has 0 amide bonds. The van der Waals surface area contributed by atoms with Crippen molar-refractivity contribution in [3.63, 3.8) is 0 Å². The standard InChI is InChI=1S/C25H23F3N2O2S/c1-3-5-20-23(33-24(29-20)17-8-10-18(11-9-17)25(26,27)28)15-32-22-7-4-6-21-19(22)12-13-30(21)14-16(2)31/h4,6-13H,3,5,14-15H2,1-2H3. The minimum Gasteiger partial charge on any atom is -0.487 e. The van der Waals surface area contributed by atoms with E-state index in [4.69, 9.17) is 4.74 Å². The van der Waals surface area contributed by atoms with E-state index in [2.05, 4.69) is 11.9 Å². The number of nitrogens with zero attached hydrogens (tertiary/aromatic N) is 2. The van der Waals surface area contributed by atoms with Crippen LogP contribution in [0.15, 0.2) is 54.7 Å². The van der Waals surface area contributed by atoms with Gasteiger partial charge in [-0.05, 0) is 43.7 Å². The molecule has 0 atom stereocenters. The van der Waals surface area contributed by atoms with E-state index in [9.17, 15) is 18.0 Å². The van der Waals surface area contributed by atoms with Crippen LogP contribution in [0.25, 0.3) is 21.5 Å². The maximum Gasteiger partial charge on any atom is 0.416 e. The summed E-state index contributed by atoms with van der Waals surface area (Å²) in [7, 11) is 0. The highest BCUT2D eigenvalue weighted by Gasteiger charge is 2.30. The van der Waals surface area contributed by atoms with Crippen molar-refractivity contribution in [1.29, 1.82) is 0 Å². The Kier molecular flexibility index (Phi) is 6.56. The molecule has 172 valence electrons. The molecule has 0 aliphatic heterocycles. The van der Waals surface area contributed by atoms with Crippen LogP contribution in [0, 0.1) is 0 Å². The number of rotatable bonds is 8. The number of benzene rings is 2. The van der Waals surface area contributed by atoms with Gasteiger partial charge in [-0.15, -0.1) is 11.3 Å². The van der Waals surface area contributed by atoms with Crippen LogP contribution in [0.2, 0.25) is 0 Å². The molecule has 4 rings (SSSR count). The smallest absolute Gasteiger partial charge is 0.416 e.